The highest BCUT2D eigenvalue weighted by atomic mass is 35.5. The van der Waals surface area contributed by atoms with Gasteiger partial charge in [0, 0.05) is 10.4 Å². The monoisotopic (exact) mass is 331 g/mol. The van der Waals surface area contributed by atoms with Crippen LogP contribution in [0.5, 0.6) is 0 Å². The van der Waals surface area contributed by atoms with Gasteiger partial charge in [0.15, 0.2) is 0 Å². The molecule has 0 unspecified atom stereocenters. The van der Waals surface area contributed by atoms with Crippen molar-refractivity contribution in [2.75, 3.05) is 5.32 Å². The first-order chi connectivity index (χ1) is 11.0. The SMILES string of the molecule is O=C(Cn1ncc(=O)c2ccccc21)Nc1cc(Cl)ccc1F. The fourth-order valence-electron chi connectivity index (χ4n) is 2.21. The number of nitrogens with one attached hydrogen (secondary N) is 1. The smallest absolute Gasteiger partial charge is 0.246 e. The Kier molecular flexibility index (Phi) is 4.08. The Balaban J connectivity index is 1.88. The first-order valence-electron chi connectivity index (χ1n) is 6.74. The second-order valence-electron chi connectivity index (χ2n) is 4.86. The number of carbonyl (C=O) groups excluding carboxylic acids is 1. The summed E-state index contributed by atoms with van der Waals surface area (Å²) in [5.74, 6) is -1.06. The van der Waals surface area contributed by atoms with Crippen LogP contribution in [-0.2, 0) is 11.3 Å². The van der Waals surface area contributed by atoms with E-state index < -0.39 is 11.7 Å². The highest BCUT2D eigenvalue weighted by molar-refractivity contribution is 6.30. The van der Waals surface area contributed by atoms with E-state index >= 15 is 0 Å². The zero-order valence-corrected chi connectivity index (χ0v) is 12.5. The number of hydrogen-bond acceptors (Lipinski definition) is 3. The molecule has 0 saturated heterocycles. The molecule has 0 aliphatic heterocycles. The summed E-state index contributed by atoms with van der Waals surface area (Å²) in [6, 6.07) is 10.7. The molecule has 3 aromatic rings. The molecule has 3 rings (SSSR count). The van der Waals surface area contributed by atoms with Crippen molar-refractivity contribution in [2.24, 2.45) is 0 Å². The van der Waals surface area contributed by atoms with Crippen LogP contribution in [0.15, 0.2) is 53.5 Å². The van der Waals surface area contributed by atoms with Gasteiger partial charge in [-0.1, -0.05) is 23.7 Å². The van der Waals surface area contributed by atoms with E-state index in [1.54, 1.807) is 24.3 Å². The van der Waals surface area contributed by atoms with Gasteiger partial charge in [-0.25, -0.2) is 4.39 Å². The lowest BCUT2D eigenvalue weighted by atomic mass is 10.2. The van der Waals surface area contributed by atoms with Crippen LogP contribution in [0.4, 0.5) is 10.1 Å². The number of hydrogen-bond donors (Lipinski definition) is 1. The van der Waals surface area contributed by atoms with E-state index in [2.05, 4.69) is 10.4 Å². The first-order valence-corrected chi connectivity index (χ1v) is 7.12. The van der Waals surface area contributed by atoms with Crippen molar-refractivity contribution in [2.45, 2.75) is 6.54 Å². The third-order valence-corrected chi connectivity index (χ3v) is 3.49. The zero-order chi connectivity index (χ0) is 16.4. The molecule has 0 aliphatic rings. The van der Waals surface area contributed by atoms with Gasteiger partial charge in [0.2, 0.25) is 11.3 Å². The van der Waals surface area contributed by atoms with Crippen molar-refractivity contribution < 1.29 is 9.18 Å². The van der Waals surface area contributed by atoms with Gasteiger partial charge < -0.3 is 5.32 Å². The highest BCUT2D eigenvalue weighted by Gasteiger charge is 2.11. The van der Waals surface area contributed by atoms with Crippen molar-refractivity contribution in [3.63, 3.8) is 0 Å². The fourth-order valence-corrected chi connectivity index (χ4v) is 2.38. The second-order valence-corrected chi connectivity index (χ2v) is 5.29. The van der Waals surface area contributed by atoms with Gasteiger partial charge in [0.05, 0.1) is 17.4 Å². The molecule has 0 saturated carbocycles. The number of fused-ring (bicyclic) bond motifs is 1. The molecule has 0 atom stereocenters. The predicted octanol–water partition coefficient (Wildman–Crippen LogP) is 2.83. The Hall–Kier alpha value is -2.73. The van der Waals surface area contributed by atoms with Crippen LogP contribution < -0.4 is 10.7 Å². The van der Waals surface area contributed by atoms with Crippen LogP contribution in [0.25, 0.3) is 10.9 Å². The van der Waals surface area contributed by atoms with E-state index in [1.807, 2.05) is 0 Å². The maximum Gasteiger partial charge on any atom is 0.246 e. The zero-order valence-electron chi connectivity index (χ0n) is 11.8. The number of halogens is 2. The summed E-state index contributed by atoms with van der Waals surface area (Å²) in [5.41, 5.74) is 0.299. The van der Waals surface area contributed by atoms with Gasteiger partial charge in [0.1, 0.15) is 12.4 Å². The number of anilines is 1. The average Bonchev–Trinajstić information content (AvgIpc) is 2.54. The van der Waals surface area contributed by atoms with E-state index in [9.17, 15) is 14.0 Å². The van der Waals surface area contributed by atoms with E-state index in [1.165, 1.54) is 22.9 Å². The van der Waals surface area contributed by atoms with E-state index in [4.69, 9.17) is 11.6 Å². The van der Waals surface area contributed by atoms with Crippen molar-refractivity contribution in [1.29, 1.82) is 0 Å². The molecular weight excluding hydrogens is 321 g/mol. The number of rotatable bonds is 3. The van der Waals surface area contributed by atoms with Gasteiger partial charge in [0.25, 0.3) is 0 Å². The summed E-state index contributed by atoms with van der Waals surface area (Å²) >= 11 is 5.79. The third-order valence-electron chi connectivity index (χ3n) is 3.26. The molecule has 1 heterocycles. The Morgan fingerprint density at radius 1 is 1.26 bits per heavy atom. The molecule has 1 amide bonds. The van der Waals surface area contributed by atoms with Crippen molar-refractivity contribution in [3.05, 3.63) is 69.7 Å². The summed E-state index contributed by atoms with van der Waals surface area (Å²) in [6.45, 7) is -0.160. The normalized spacial score (nSPS) is 10.7. The van der Waals surface area contributed by atoms with E-state index in [-0.39, 0.29) is 17.7 Å². The summed E-state index contributed by atoms with van der Waals surface area (Å²) in [6.07, 6.45) is 1.15. The molecule has 116 valence electrons. The lowest BCUT2D eigenvalue weighted by Crippen LogP contribution is -2.22. The molecule has 2 aromatic carbocycles. The molecule has 1 N–H and O–H groups in total. The minimum atomic E-state index is -0.583. The Morgan fingerprint density at radius 2 is 2.04 bits per heavy atom. The summed E-state index contributed by atoms with van der Waals surface area (Å²) < 4.78 is 15.0. The third kappa shape index (κ3) is 3.22. The number of nitrogens with zero attached hydrogens (tertiary/aromatic N) is 2. The van der Waals surface area contributed by atoms with E-state index in [0.29, 0.717) is 15.9 Å². The average molecular weight is 332 g/mol. The molecule has 7 heteroatoms. The fraction of sp³-hybridized carbons (Fsp3) is 0.0625. The lowest BCUT2D eigenvalue weighted by molar-refractivity contribution is -0.116. The van der Waals surface area contributed by atoms with Crippen molar-refractivity contribution >= 4 is 34.1 Å². The molecule has 0 fully saturated rings. The van der Waals surface area contributed by atoms with Crippen LogP contribution in [-0.4, -0.2) is 15.7 Å². The Bertz CT molecular complexity index is 955. The topological polar surface area (TPSA) is 64.0 Å². The largest absolute Gasteiger partial charge is 0.322 e. The van der Waals surface area contributed by atoms with Crippen LogP contribution >= 0.6 is 11.6 Å². The summed E-state index contributed by atoms with van der Waals surface area (Å²) in [4.78, 5) is 23.9. The highest BCUT2D eigenvalue weighted by Crippen LogP contribution is 2.19. The van der Waals surface area contributed by atoms with Gasteiger partial charge in [-0.05, 0) is 30.3 Å². The standard InChI is InChI=1S/C16H11ClFN3O2/c17-10-5-6-12(18)13(7-10)20-16(23)9-21-14-4-2-1-3-11(14)15(22)8-19-21/h1-8H,9H2,(H,20,23). The molecular formula is C16H11ClFN3O2. The van der Waals surface area contributed by atoms with Crippen LogP contribution in [0.1, 0.15) is 0 Å². The maximum atomic E-state index is 13.6. The van der Waals surface area contributed by atoms with Crippen LogP contribution in [0, 0.1) is 5.82 Å². The van der Waals surface area contributed by atoms with E-state index in [0.717, 1.165) is 6.20 Å². The molecule has 1 aromatic heterocycles. The minimum Gasteiger partial charge on any atom is -0.322 e. The van der Waals surface area contributed by atoms with Gasteiger partial charge >= 0.3 is 0 Å². The van der Waals surface area contributed by atoms with Crippen molar-refractivity contribution in [3.8, 4) is 0 Å². The van der Waals surface area contributed by atoms with Gasteiger partial charge in [-0.3, -0.25) is 14.3 Å². The number of carbonyl (C=O) groups is 1. The quantitative estimate of drug-likeness (QED) is 0.802. The number of para-hydroxylation sites is 1. The Labute approximate surface area is 135 Å². The van der Waals surface area contributed by atoms with Crippen LogP contribution in [0.2, 0.25) is 5.02 Å². The number of aromatic nitrogens is 2. The first kappa shape index (κ1) is 15.2. The molecule has 5 nitrogen and oxygen atoms in total. The molecule has 0 radical (unpaired) electrons. The molecule has 23 heavy (non-hydrogen) atoms. The minimum absolute atomic E-state index is 0.00662. The Morgan fingerprint density at radius 3 is 2.87 bits per heavy atom. The lowest BCUT2D eigenvalue weighted by Gasteiger charge is -2.10. The summed E-state index contributed by atoms with van der Waals surface area (Å²) in [7, 11) is 0. The van der Waals surface area contributed by atoms with Gasteiger partial charge in [-0.2, -0.15) is 5.10 Å². The number of amides is 1. The van der Waals surface area contributed by atoms with Crippen molar-refractivity contribution in [1.82, 2.24) is 9.78 Å². The molecule has 0 aliphatic carbocycles. The summed E-state index contributed by atoms with van der Waals surface area (Å²) in [5, 5.41) is 7.17. The van der Waals surface area contributed by atoms with Gasteiger partial charge in [-0.15, -0.1) is 0 Å². The number of benzene rings is 2. The second kappa shape index (κ2) is 6.18. The van der Waals surface area contributed by atoms with Crippen LogP contribution in [0.3, 0.4) is 0 Å². The molecule has 0 bridgehead atoms. The predicted molar refractivity (Wildman–Crippen MR) is 86.0 cm³/mol. The maximum absolute atomic E-state index is 13.6. The molecule has 0 spiro atoms.